The fourth-order valence-electron chi connectivity index (χ4n) is 2.71. The molecule has 0 radical (unpaired) electrons. The molecule has 3 rings (SSSR count). The molecule has 1 aliphatic rings. The number of benzene rings is 1. The molecule has 1 fully saturated rings. The molecule has 0 spiro atoms. The summed E-state index contributed by atoms with van der Waals surface area (Å²) >= 11 is 0. The number of aliphatic hydroxyl groups is 1. The Bertz CT molecular complexity index is 684. The predicted octanol–water partition coefficient (Wildman–Crippen LogP) is 2.34. The monoisotopic (exact) mass is 274 g/mol. The quantitative estimate of drug-likeness (QED) is 0.897. The van der Waals surface area contributed by atoms with E-state index >= 15 is 0 Å². The Hall–Kier alpha value is -1.88. The second-order valence-electron chi connectivity index (χ2n) is 5.85. The van der Waals surface area contributed by atoms with E-state index in [1.54, 1.807) is 18.2 Å². The van der Waals surface area contributed by atoms with Crippen molar-refractivity contribution in [3.05, 3.63) is 29.6 Å². The number of nitrogens with zero attached hydrogens (tertiary/aromatic N) is 2. The molecule has 1 aromatic heterocycles. The van der Waals surface area contributed by atoms with Gasteiger partial charge in [-0.15, -0.1) is 0 Å². The van der Waals surface area contributed by atoms with Crippen LogP contribution < -0.4 is 0 Å². The second kappa shape index (κ2) is 4.31. The van der Waals surface area contributed by atoms with Crippen molar-refractivity contribution in [2.75, 3.05) is 6.61 Å². The fraction of sp³-hybridized carbons (Fsp3) is 0.467. The van der Waals surface area contributed by atoms with Gasteiger partial charge in [0.25, 0.3) is 0 Å². The lowest BCUT2D eigenvalue weighted by Crippen LogP contribution is -2.24. The third-order valence-corrected chi connectivity index (χ3v) is 4.04. The Morgan fingerprint density at radius 2 is 2.15 bits per heavy atom. The van der Waals surface area contributed by atoms with Gasteiger partial charge >= 0.3 is 5.97 Å². The maximum atomic E-state index is 11.2. The van der Waals surface area contributed by atoms with Crippen LogP contribution in [0.4, 0.5) is 0 Å². The zero-order chi connectivity index (χ0) is 14.5. The van der Waals surface area contributed by atoms with Gasteiger partial charge in [0.1, 0.15) is 5.82 Å². The molecule has 106 valence electrons. The van der Waals surface area contributed by atoms with Crippen LogP contribution in [0.2, 0.25) is 0 Å². The van der Waals surface area contributed by atoms with Crippen LogP contribution in [-0.2, 0) is 5.54 Å². The molecule has 1 saturated carbocycles. The maximum Gasteiger partial charge on any atom is 0.335 e. The highest BCUT2D eigenvalue weighted by molar-refractivity contribution is 5.92. The van der Waals surface area contributed by atoms with Crippen LogP contribution in [0.3, 0.4) is 0 Å². The van der Waals surface area contributed by atoms with Crippen molar-refractivity contribution in [1.29, 1.82) is 0 Å². The van der Waals surface area contributed by atoms with Crippen LogP contribution >= 0.6 is 0 Å². The zero-order valence-corrected chi connectivity index (χ0v) is 11.6. The molecular weight excluding hydrogens is 256 g/mol. The molecule has 0 aliphatic heterocycles. The first kappa shape index (κ1) is 13.1. The second-order valence-corrected chi connectivity index (χ2v) is 5.85. The van der Waals surface area contributed by atoms with Gasteiger partial charge in [-0.25, -0.2) is 9.78 Å². The van der Waals surface area contributed by atoms with E-state index in [1.165, 1.54) is 0 Å². The fourth-order valence-corrected chi connectivity index (χ4v) is 2.71. The van der Waals surface area contributed by atoms with Crippen molar-refractivity contribution in [2.45, 2.75) is 38.1 Å². The summed E-state index contributed by atoms with van der Waals surface area (Å²) < 4.78 is 2.06. The minimum Gasteiger partial charge on any atom is -0.478 e. The Kier molecular flexibility index (Phi) is 2.83. The summed E-state index contributed by atoms with van der Waals surface area (Å²) in [4.78, 5) is 15.8. The van der Waals surface area contributed by atoms with Gasteiger partial charge in [0.15, 0.2) is 0 Å². The summed E-state index contributed by atoms with van der Waals surface area (Å²) in [5.41, 5.74) is 1.56. The standard InChI is InChI=1S/C15H18N2O3/c1-9(2)13-16-11-4-3-10(14(19)20)7-12(11)17(13)15(8-18)5-6-15/h3-4,7,9,18H,5-6,8H2,1-2H3,(H,19,20). The highest BCUT2D eigenvalue weighted by Gasteiger charge is 2.46. The number of carboxylic acids is 1. The van der Waals surface area contributed by atoms with Gasteiger partial charge in [-0.1, -0.05) is 13.8 Å². The predicted molar refractivity (Wildman–Crippen MR) is 75.1 cm³/mol. The first-order valence-electron chi connectivity index (χ1n) is 6.85. The molecule has 0 amide bonds. The van der Waals surface area contributed by atoms with Crippen molar-refractivity contribution < 1.29 is 15.0 Å². The number of carboxylic acid groups (broad SMARTS) is 1. The average molecular weight is 274 g/mol. The van der Waals surface area contributed by atoms with Crippen LogP contribution in [0, 0.1) is 0 Å². The molecule has 2 N–H and O–H groups in total. The number of hydrogen-bond acceptors (Lipinski definition) is 3. The van der Waals surface area contributed by atoms with Crippen LogP contribution in [0.15, 0.2) is 18.2 Å². The van der Waals surface area contributed by atoms with Crippen molar-refractivity contribution in [1.82, 2.24) is 9.55 Å². The number of carbonyl (C=O) groups is 1. The summed E-state index contributed by atoms with van der Waals surface area (Å²) in [6.45, 7) is 4.18. The molecule has 5 nitrogen and oxygen atoms in total. The summed E-state index contributed by atoms with van der Waals surface area (Å²) in [7, 11) is 0. The minimum absolute atomic E-state index is 0.0650. The van der Waals surface area contributed by atoms with E-state index in [2.05, 4.69) is 23.4 Å². The van der Waals surface area contributed by atoms with Gasteiger partial charge in [0.2, 0.25) is 0 Å². The van der Waals surface area contributed by atoms with Gasteiger partial charge in [-0.05, 0) is 31.0 Å². The summed E-state index contributed by atoms with van der Waals surface area (Å²) in [5, 5.41) is 18.9. The van der Waals surface area contributed by atoms with E-state index in [0.717, 1.165) is 29.7 Å². The molecule has 2 aromatic rings. The molecule has 1 aromatic carbocycles. The SMILES string of the molecule is CC(C)c1nc2ccc(C(=O)O)cc2n1C1(CO)CC1. The first-order chi connectivity index (χ1) is 9.48. The number of aromatic nitrogens is 2. The normalized spacial score (nSPS) is 16.8. The van der Waals surface area contributed by atoms with Crippen molar-refractivity contribution >= 4 is 17.0 Å². The van der Waals surface area contributed by atoms with Crippen LogP contribution in [0.1, 0.15) is 48.8 Å². The highest BCUT2D eigenvalue weighted by Crippen LogP contribution is 2.46. The van der Waals surface area contributed by atoms with E-state index in [0.29, 0.717) is 0 Å². The molecule has 0 unspecified atom stereocenters. The van der Waals surface area contributed by atoms with Gasteiger partial charge in [-0.3, -0.25) is 0 Å². The van der Waals surface area contributed by atoms with Gasteiger partial charge in [0.05, 0.1) is 28.7 Å². The average Bonchev–Trinajstić information content (AvgIpc) is 3.11. The first-order valence-corrected chi connectivity index (χ1v) is 6.85. The van der Waals surface area contributed by atoms with E-state index in [1.807, 2.05) is 0 Å². The molecule has 0 bridgehead atoms. The lowest BCUT2D eigenvalue weighted by Gasteiger charge is -2.20. The minimum atomic E-state index is -0.945. The van der Waals surface area contributed by atoms with Crippen molar-refractivity contribution in [2.24, 2.45) is 0 Å². The summed E-state index contributed by atoms with van der Waals surface area (Å²) in [6.07, 6.45) is 1.82. The smallest absolute Gasteiger partial charge is 0.335 e. The number of fused-ring (bicyclic) bond motifs is 1. The summed E-state index contributed by atoms with van der Waals surface area (Å²) in [5.74, 6) is 0.188. The highest BCUT2D eigenvalue weighted by atomic mass is 16.4. The third-order valence-electron chi connectivity index (χ3n) is 4.04. The van der Waals surface area contributed by atoms with Gasteiger partial charge < -0.3 is 14.8 Å². The molecule has 20 heavy (non-hydrogen) atoms. The zero-order valence-electron chi connectivity index (χ0n) is 11.6. The lowest BCUT2D eigenvalue weighted by molar-refractivity contribution is 0.0697. The summed E-state index contributed by atoms with van der Waals surface area (Å²) in [6, 6.07) is 4.98. The van der Waals surface area contributed by atoms with E-state index in [-0.39, 0.29) is 23.6 Å². The molecule has 5 heteroatoms. The number of imidazole rings is 1. The van der Waals surface area contributed by atoms with Crippen LogP contribution in [0.25, 0.3) is 11.0 Å². The van der Waals surface area contributed by atoms with E-state index in [4.69, 9.17) is 5.11 Å². The number of aliphatic hydroxyl groups excluding tert-OH is 1. The van der Waals surface area contributed by atoms with Crippen molar-refractivity contribution in [3.8, 4) is 0 Å². The van der Waals surface area contributed by atoms with Gasteiger partial charge in [-0.2, -0.15) is 0 Å². The Morgan fingerprint density at radius 3 is 2.65 bits per heavy atom. The number of aromatic carboxylic acids is 1. The topological polar surface area (TPSA) is 75.3 Å². The number of rotatable bonds is 4. The molecule has 0 saturated heterocycles. The lowest BCUT2D eigenvalue weighted by atomic mass is 10.1. The molecule has 1 heterocycles. The molecule has 0 atom stereocenters. The maximum absolute atomic E-state index is 11.2. The van der Waals surface area contributed by atoms with E-state index < -0.39 is 5.97 Å². The third kappa shape index (κ3) is 1.81. The molecule has 1 aliphatic carbocycles. The largest absolute Gasteiger partial charge is 0.478 e. The van der Waals surface area contributed by atoms with Crippen LogP contribution in [-0.4, -0.2) is 32.3 Å². The Morgan fingerprint density at radius 1 is 1.45 bits per heavy atom. The van der Waals surface area contributed by atoms with Crippen molar-refractivity contribution in [3.63, 3.8) is 0 Å². The van der Waals surface area contributed by atoms with Gasteiger partial charge in [0, 0.05) is 5.92 Å². The number of hydrogen-bond donors (Lipinski definition) is 2. The Labute approximate surface area is 116 Å². The Balaban J connectivity index is 2.29. The van der Waals surface area contributed by atoms with Crippen LogP contribution in [0.5, 0.6) is 0 Å². The van der Waals surface area contributed by atoms with E-state index in [9.17, 15) is 9.90 Å². The molecular formula is C15H18N2O3.